The number of hydrogen-bond donors (Lipinski definition) is 1. The Labute approximate surface area is 120 Å². The van der Waals surface area contributed by atoms with Crippen LogP contribution in [-0.4, -0.2) is 8.42 Å². The van der Waals surface area contributed by atoms with Crippen LogP contribution in [0.4, 0.5) is 5.69 Å². The molecular formula is C15H11NO4S. The summed E-state index contributed by atoms with van der Waals surface area (Å²) >= 11 is 0. The summed E-state index contributed by atoms with van der Waals surface area (Å²) < 4.78 is 31.7. The second kappa shape index (κ2) is 5.06. The number of hydrogen-bond acceptors (Lipinski definition) is 4. The minimum absolute atomic E-state index is 0.0811. The molecule has 2 aromatic carbocycles. The normalized spacial score (nSPS) is 11.4. The summed E-state index contributed by atoms with van der Waals surface area (Å²) in [5, 5.41) is 0.642. The molecule has 1 aromatic heterocycles. The van der Waals surface area contributed by atoms with Gasteiger partial charge in [0.1, 0.15) is 11.3 Å². The van der Waals surface area contributed by atoms with Gasteiger partial charge in [0.25, 0.3) is 10.0 Å². The Morgan fingerprint density at radius 3 is 2.33 bits per heavy atom. The van der Waals surface area contributed by atoms with Gasteiger partial charge in [-0.1, -0.05) is 36.4 Å². The van der Waals surface area contributed by atoms with Crippen LogP contribution in [0.2, 0.25) is 0 Å². The highest BCUT2D eigenvalue weighted by atomic mass is 32.2. The van der Waals surface area contributed by atoms with Crippen molar-refractivity contribution in [3.05, 3.63) is 71.1 Å². The Morgan fingerprint density at radius 1 is 0.905 bits per heavy atom. The molecule has 0 radical (unpaired) electrons. The fraction of sp³-hybridized carbons (Fsp3) is 0. The maximum absolute atomic E-state index is 12.2. The van der Waals surface area contributed by atoms with Crippen molar-refractivity contribution < 1.29 is 12.8 Å². The van der Waals surface area contributed by atoms with Gasteiger partial charge in [0.05, 0.1) is 4.90 Å². The van der Waals surface area contributed by atoms with Crippen molar-refractivity contribution in [2.75, 3.05) is 4.72 Å². The van der Waals surface area contributed by atoms with E-state index < -0.39 is 15.6 Å². The highest BCUT2D eigenvalue weighted by molar-refractivity contribution is 7.92. The first-order valence-corrected chi connectivity index (χ1v) is 7.65. The quantitative estimate of drug-likeness (QED) is 0.754. The molecule has 3 rings (SSSR count). The highest BCUT2D eigenvalue weighted by Gasteiger charge is 2.16. The van der Waals surface area contributed by atoms with E-state index in [0.717, 1.165) is 0 Å². The van der Waals surface area contributed by atoms with Crippen molar-refractivity contribution in [3.63, 3.8) is 0 Å². The smallest absolute Gasteiger partial charge is 0.360 e. The topological polar surface area (TPSA) is 76.4 Å². The first-order chi connectivity index (χ1) is 10.1. The number of fused-ring (bicyclic) bond motifs is 1. The summed E-state index contributed by atoms with van der Waals surface area (Å²) in [4.78, 5) is 11.9. The van der Waals surface area contributed by atoms with Crippen LogP contribution in [0.5, 0.6) is 0 Å². The Bertz CT molecular complexity index is 946. The zero-order valence-electron chi connectivity index (χ0n) is 10.8. The van der Waals surface area contributed by atoms with Crippen LogP contribution in [-0.2, 0) is 10.0 Å². The van der Waals surface area contributed by atoms with Crippen LogP contribution in [0.3, 0.4) is 0 Å². The molecule has 6 heteroatoms. The second-order valence-electron chi connectivity index (χ2n) is 4.40. The Hall–Kier alpha value is -2.60. The van der Waals surface area contributed by atoms with Gasteiger partial charge in [-0.2, -0.15) is 0 Å². The van der Waals surface area contributed by atoms with Gasteiger partial charge in [-0.05, 0) is 24.3 Å². The molecule has 0 aliphatic rings. The van der Waals surface area contributed by atoms with Crippen molar-refractivity contribution >= 4 is 26.7 Å². The van der Waals surface area contributed by atoms with Crippen LogP contribution >= 0.6 is 0 Å². The Morgan fingerprint density at radius 2 is 1.57 bits per heavy atom. The molecule has 0 saturated heterocycles. The lowest BCUT2D eigenvalue weighted by Gasteiger charge is -2.07. The molecule has 21 heavy (non-hydrogen) atoms. The summed E-state index contributed by atoms with van der Waals surface area (Å²) in [6.07, 6.45) is 0. The van der Waals surface area contributed by atoms with Gasteiger partial charge in [0.15, 0.2) is 0 Å². The van der Waals surface area contributed by atoms with Gasteiger partial charge in [0, 0.05) is 5.39 Å². The van der Waals surface area contributed by atoms with Gasteiger partial charge in [-0.25, -0.2) is 13.2 Å². The molecule has 0 fully saturated rings. The lowest BCUT2D eigenvalue weighted by molar-refractivity contribution is 0.563. The van der Waals surface area contributed by atoms with Gasteiger partial charge in [-0.3, -0.25) is 4.72 Å². The monoisotopic (exact) mass is 301 g/mol. The molecule has 0 amide bonds. The fourth-order valence-electron chi connectivity index (χ4n) is 1.94. The van der Waals surface area contributed by atoms with Crippen LogP contribution < -0.4 is 10.3 Å². The molecule has 5 nitrogen and oxygen atoms in total. The molecular weight excluding hydrogens is 290 g/mol. The first-order valence-electron chi connectivity index (χ1n) is 6.17. The van der Waals surface area contributed by atoms with Gasteiger partial charge >= 0.3 is 5.63 Å². The van der Waals surface area contributed by atoms with E-state index in [1.54, 1.807) is 42.5 Å². The molecule has 0 unspecified atom stereocenters. The second-order valence-corrected chi connectivity index (χ2v) is 6.09. The predicted octanol–water partition coefficient (Wildman–Crippen LogP) is 2.59. The molecule has 0 aliphatic carbocycles. The minimum Gasteiger partial charge on any atom is -0.421 e. The van der Waals surface area contributed by atoms with E-state index in [2.05, 4.69) is 4.72 Å². The summed E-state index contributed by atoms with van der Waals surface area (Å²) in [5.74, 6) is 0. The van der Waals surface area contributed by atoms with E-state index in [0.29, 0.717) is 11.0 Å². The van der Waals surface area contributed by atoms with E-state index >= 15 is 0 Å². The molecule has 0 atom stereocenters. The van der Waals surface area contributed by atoms with Crippen molar-refractivity contribution in [3.8, 4) is 0 Å². The molecule has 0 aliphatic heterocycles. The number of para-hydroxylation sites is 1. The van der Waals surface area contributed by atoms with Crippen molar-refractivity contribution in [1.82, 2.24) is 0 Å². The van der Waals surface area contributed by atoms with E-state index in [-0.39, 0.29) is 10.6 Å². The lowest BCUT2D eigenvalue weighted by atomic mass is 10.2. The molecule has 3 aromatic rings. The van der Waals surface area contributed by atoms with E-state index in [4.69, 9.17) is 4.42 Å². The molecule has 0 spiro atoms. The molecule has 0 bridgehead atoms. The summed E-state index contributed by atoms with van der Waals surface area (Å²) in [6, 6.07) is 16.2. The predicted molar refractivity (Wildman–Crippen MR) is 79.7 cm³/mol. The fourth-order valence-corrected chi connectivity index (χ4v) is 3.00. The number of nitrogens with one attached hydrogen (secondary N) is 1. The average molecular weight is 301 g/mol. The zero-order valence-corrected chi connectivity index (χ0v) is 11.6. The number of sulfonamides is 1. The molecule has 1 heterocycles. The third kappa shape index (κ3) is 2.66. The number of rotatable bonds is 3. The Balaban J connectivity index is 2.06. The molecule has 0 saturated carbocycles. The van der Waals surface area contributed by atoms with E-state index in [9.17, 15) is 13.2 Å². The summed E-state index contributed by atoms with van der Waals surface area (Å²) in [6.45, 7) is 0. The first kappa shape index (κ1) is 13.4. The Kier molecular flexibility index (Phi) is 3.23. The maximum Gasteiger partial charge on any atom is 0.360 e. The maximum atomic E-state index is 12.2. The van der Waals surface area contributed by atoms with Crippen LogP contribution in [0.25, 0.3) is 11.0 Å². The van der Waals surface area contributed by atoms with Gasteiger partial charge < -0.3 is 4.42 Å². The van der Waals surface area contributed by atoms with Gasteiger partial charge in [0.2, 0.25) is 0 Å². The van der Waals surface area contributed by atoms with Crippen LogP contribution in [0, 0.1) is 0 Å². The van der Waals surface area contributed by atoms with Crippen LogP contribution in [0.1, 0.15) is 0 Å². The zero-order chi connectivity index (χ0) is 14.9. The van der Waals surface area contributed by atoms with Crippen molar-refractivity contribution in [1.29, 1.82) is 0 Å². The summed E-state index contributed by atoms with van der Waals surface area (Å²) in [5.41, 5.74) is -0.434. The van der Waals surface area contributed by atoms with Crippen LogP contribution in [0.15, 0.2) is 74.8 Å². The van der Waals surface area contributed by atoms with Crippen molar-refractivity contribution in [2.45, 2.75) is 4.90 Å². The summed E-state index contributed by atoms with van der Waals surface area (Å²) in [7, 11) is -3.81. The third-order valence-corrected chi connectivity index (χ3v) is 4.32. The molecule has 106 valence electrons. The minimum atomic E-state index is -3.81. The highest BCUT2D eigenvalue weighted by Crippen LogP contribution is 2.18. The average Bonchev–Trinajstić information content (AvgIpc) is 2.49. The number of benzene rings is 2. The largest absolute Gasteiger partial charge is 0.421 e. The van der Waals surface area contributed by atoms with E-state index in [1.165, 1.54) is 18.2 Å². The van der Waals surface area contributed by atoms with E-state index in [1.807, 2.05) is 0 Å². The third-order valence-electron chi connectivity index (χ3n) is 2.94. The SMILES string of the molecule is O=c1oc2ccccc2cc1NS(=O)(=O)c1ccccc1. The standard InChI is InChI=1S/C15H11NO4S/c17-15-13(10-11-6-4-5-9-14(11)20-15)16-21(18,19)12-7-2-1-3-8-12/h1-10,16H. The number of anilines is 1. The molecule has 1 N–H and O–H groups in total. The van der Waals surface area contributed by atoms with Crippen molar-refractivity contribution in [2.24, 2.45) is 0 Å². The lowest BCUT2D eigenvalue weighted by Crippen LogP contribution is -2.18. The van der Waals surface area contributed by atoms with Gasteiger partial charge in [-0.15, -0.1) is 0 Å².